The molecule has 2 aromatic rings. The minimum Gasteiger partial charge on any atom is -0.383 e. The van der Waals surface area contributed by atoms with E-state index in [2.05, 4.69) is 44.2 Å². The van der Waals surface area contributed by atoms with E-state index >= 15 is 0 Å². The van der Waals surface area contributed by atoms with Gasteiger partial charge in [0.2, 0.25) is 10.0 Å². The Morgan fingerprint density at radius 2 is 2.00 bits per heavy atom. The van der Waals surface area contributed by atoms with E-state index < -0.39 is 10.0 Å². The zero-order chi connectivity index (χ0) is 21.4. The van der Waals surface area contributed by atoms with Crippen LogP contribution in [0.5, 0.6) is 0 Å². The fourth-order valence-corrected chi connectivity index (χ4v) is 4.73. The molecule has 0 amide bonds. The van der Waals surface area contributed by atoms with Gasteiger partial charge in [-0.1, -0.05) is 42.5 Å². The van der Waals surface area contributed by atoms with Crippen molar-refractivity contribution in [3.05, 3.63) is 65.7 Å². The van der Waals surface area contributed by atoms with Crippen molar-refractivity contribution in [3.8, 4) is 0 Å². The number of benzene rings is 2. The van der Waals surface area contributed by atoms with E-state index in [0.29, 0.717) is 19.1 Å². The van der Waals surface area contributed by atoms with Crippen LogP contribution in [0.4, 0.5) is 0 Å². The second kappa shape index (κ2) is 10.6. The van der Waals surface area contributed by atoms with Crippen molar-refractivity contribution < 1.29 is 13.2 Å². The molecule has 1 unspecified atom stereocenters. The lowest BCUT2D eigenvalue weighted by molar-refractivity contribution is 0.204. The minimum atomic E-state index is -3.55. The van der Waals surface area contributed by atoms with Crippen molar-refractivity contribution in [1.29, 1.82) is 0 Å². The molecule has 1 aliphatic rings. The molecule has 7 nitrogen and oxygen atoms in total. The van der Waals surface area contributed by atoms with Crippen molar-refractivity contribution in [2.24, 2.45) is 4.99 Å². The number of hydrogen-bond donors (Lipinski definition) is 2. The van der Waals surface area contributed by atoms with Gasteiger partial charge in [0.05, 0.1) is 11.5 Å². The largest absolute Gasteiger partial charge is 0.383 e. The molecule has 0 aromatic heterocycles. The molecule has 8 heteroatoms. The van der Waals surface area contributed by atoms with Gasteiger partial charge in [-0.15, -0.1) is 0 Å². The van der Waals surface area contributed by atoms with E-state index in [4.69, 9.17) is 4.74 Å². The molecule has 2 N–H and O–H groups in total. The van der Waals surface area contributed by atoms with Crippen LogP contribution < -0.4 is 10.0 Å². The molecule has 30 heavy (non-hydrogen) atoms. The number of rotatable bonds is 8. The first-order valence-electron chi connectivity index (χ1n) is 10.1. The molecule has 162 valence electrons. The molecule has 1 aliphatic heterocycles. The Labute approximate surface area is 179 Å². The number of nitrogens with one attached hydrogen (secondary N) is 2. The third kappa shape index (κ3) is 5.81. The van der Waals surface area contributed by atoms with Crippen LogP contribution in [0.3, 0.4) is 0 Å². The molecular formula is C22H30N4O3S. The fourth-order valence-electron chi connectivity index (χ4n) is 3.65. The molecule has 0 saturated carbocycles. The lowest BCUT2D eigenvalue weighted by Gasteiger charge is -2.22. The zero-order valence-corrected chi connectivity index (χ0v) is 18.4. The van der Waals surface area contributed by atoms with Gasteiger partial charge < -0.3 is 15.0 Å². The molecular weight excluding hydrogens is 400 g/mol. The summed E-state index contributed by atoms with van der Waals surface area (Å²) >= 11 is 0. The molecule has 0 aliphatic carbocycles. The normalized spacial score (nSPS) is 17.3. The van der Waals surface area contributed by atoms with Gasteiger partial charge in [-0.25, -0.2) is 13.1 Å². The summed E-state index contributed by atoms with van der Waals surface area (Å²) in [7, 11) is -0.237. The highest BCUT2D eigenvalue weighted by Crippen LogP contribution is 2.26. The molecule has 1 heterocycles. The molecule has 2 aromatic carbocycles. The number of sulfonamides is 1. The average Bonchev–Trinajstić information content (AvgIpc) is 3.25. The third-order valence-electron chi connectivity index (χ3n) is 5.23. The molecule has 0 spiro atoms. The highest BCUT2D eigenvalue weighted by molar-refractivity contribution is 7.89. The van der Waals surface area contributed by atoms with Crippen LogP contribution in [0.2, 0.25) is 0 Å². The van der Waals surface area contributed by atoms with Crippen molar-refractivity contribution in [3.63, 3.8) is 0 Å². The number of guanidine groups is 1. The number of likely N-dealkylation sites (tertiary alicyclic amines) is 1. The zero-order valence-electron chi connectivity index (χ0n) is 17.5. The van der Waals surface area contributed by atoms with Crippen LogP contribution in [-0.2, 0) is 21.3 Å². The Kier molecular flexibility index (Phi) is 7.84. The van der Waals surface area contributed by atoms with Gasteiger partial charge in [0.1, 0.15) is 0 Å². The minimum absolute atomic E-state index is 0.242. The average molecular weight is 431 g/mol. The van der Waals surface area contributed by atoms with Gasteiger partial charge in [-0.2, -0.15) is 0 Å². The molecule has 0 bridgehead atoms. The van der Waals surface area contributed by atoms with E-state index in [9.17, 15) is 8.42 Å². The Bertz CT molecular complexity index is 948. The van der Waals surface area contributed by atoms with E-state index in [-0.39, 0.29) is 11.4 Å². The molecule has 0 radical (unpaired) electrons. The number of hydrogen-bond acceptors (Lipinski definition) is 4. The summed E-state index contributed by atoms with van der Waals surface area (Å²) in [6, 6.07) is 17.5. The maximum Gasteiger partial charge on any atom is 0.240 e. The summed E-state index contributed by atoms with van der Waals surface area (Å²) in [5.74, 6) is 1.33. The van der Waals surface area contributed by atoms with E-state index in [0.717, 1.165) is 31.0 Å². The first-order chi connectivity index (χ1) is 14.5. The Morgan fingerprint density at radius 3 is 2.73 bits per heavy atom. The monoisotopic (exact) mass is 430 g/mol. The van der Waals surface area contributed by atoms with Crippen LogP contribution in [0.1, 0.15) is 23.5 Å². The second-order valence-electron chi connectivity index (χ2n) is 7.28. The van der Waals surface area contributed by atoms with Crippen molar-refractivity contribution >= 4 is 16.0 Å². The predicted octanol–water partition coefficient (Wildman–Crippen LogP) is 2.18. The molecule has 1 saturated heterocycles. The van der Waals surface area contributed by atoms with Crippen LogP contribution >= 0.6 is 0 Å². The number of nitrogens with zero attached hydrogens (tertiary/aromatic N) is 2. The number of aliphatic imine (C=N–C) groups is 1. The SMILES string of the molecule is CN=C(NCc1cccc(S(=O)(=O)NCCOC)c1)N1CCC(c2ccccc2)C1. The molecule has 1 atom stereocenters. The summed E-state index contributed by atoms with van der Waals surface area (Å²) < 4.78 is 32.3. The summed E-state index contributed by atoms with van der Waals surface area (Å²) in [6.07, 6.45) is 1.09. The van der Waals surface area contributed by atoms with Crippen molar-refractivity contribution in [2.75, 3.05) is 40.4 Å². The van der Waals surface area contributed by atoms with E-state index in [1.54, 1.807) is 25.2 Å². The smallest absolute Gasteiger partial charge is 0.240 e. The van der Waals surface area contributed by atoms with Crippen LogP contribution in [0.25, 0.3) is 0 Å². The number of ether oxygens (including phenoxy) is 1. The first-order valence-corrected chi connectivity index (χ1v) is 11.6. The molecule has 3 rings (SSSR count). The Hall–Kier alpha value is -2.42. The first kappa shape index (κ1) is 22.3. The third-order valence-corrected chi connectivity index (χ3v) is 6.69. The summed E-state index contributed by atoms with van der Waals surface area (Å²) in [5.41, 5.74) is 2.24. The standard InChI is InChI=1S/C22H30N4O3S/c1-23-22(26-13-11-20(17-26)19-8-4-3-5-9-19)24-16-18-7-6-10-21(15-18)30(27,28)25-12-14-29-2/h3-10,15,20,25H,11-14,16-17H2,1-2H3,(H,23,24). The van der Waals surface area contributed by atoms with Crippen molar-refractivity contribution in [1.82, 2.24) is 14.9 Å². The predicted molar refractivity (Wildman–Crippen MR) is 119 cm³/mol. The summed E-state index contributed by atoms with van der Waals surface area (Å²) in [4.78, 5) is 6.92. The molecule has 1 fully saturated rings. The number of methoxy groups -OCH3 is 1. The lowest BCUT2D eigenvalue weighted by Crippen LogP contribution is -2.39. The lowest BCUT2D eigenvalue weighted by atomic mass is 9.99. The van der Waals surface area contributed by atoms with Gasteiger partial charge >= 0.3 is 0 Å². The van der Waals surface area contributed by atoms with E-state index in [1.165, 1.54) is 12.7 Å². The Morgan fingerprint density at radius 1 is 1.20 bits per heavy atom. The van der Waals surface area contributed by atoms with Crippen LogP contribution in [-0.4, -0.2) is 59.7 Å². The van der Waals surface area contributed by atoms with Crippen molar-refractivity contribution in [2.45, 2.75) is 23.8 Å². The maximum atomic E-state index is 12.4. The highest BCUT2D eigenvalue weighted by atomic mass is 32.2. The topological polar surface area (TPSA) is 83.0 Å². The van der Waals surface area contributed by atoms with Gasteiger partial charge in [-0.05, 0) is 29.7 Å². The van der Waals surface area contributed by atoms with E-state index in [1.807, 2.05) is 12.1 Å². The fraction of sp³-hybridized carbons (Fsp3) is 0.409. The summed E-state index contributed by atoms with van der Waals surface area (Å²) in [5, 5.41) is 3.37. The quantitative estimate of drug-likeness (QED) is 0.381. The Balaban J connectivity index is 1.59. The van der Waals surface area contributed by atoms with Gasteiger partial charge in [0.25, 0.3) is 0 Å². The summed E-state index contributed by atoms with van der Waals surface area (Å²) in [6.45, 7) is 2.93. The van der Waals surface area contributed by atoms with Crippen LogP contribution in [0.15, 0.2) is 64.5 Å². The van der Waals surface area contributed by atoms with Gasteiger partial charge in [-0.3, -0.25) is 4.99 Å². The van der Waals surface area contributed by atoms with Gasteiger partial charge in [0, 0.05) is 46.3 Å². The highest BCUT2D eigenvalue weighted by Gasteiger charge is 2.25. The van der Waals surface area contributed by atoms with Gasteiger partial charge in [0.15, 0.2) is 5.96 Å². The van der Waals surface area contributed by atoms with Crippen LogP contribution in [0, 0.1) is 0 Å². The maximum absolute atomic E-state index is 12.4. The second-order valence-corrected chi connectivity index (χ2v) is 9.05.